The van der Waals surface area contributed by atoms with Crippen LogP contribution in [0.2, 0.25) is 5.02 Å². The maximum atomic E-state index is 11.0. The van der Waals surface area contributed by atoms with Gasteiger partial charge in [0, 0.05) is 16.9 Å². The van der Waals surface area contributed by atoms with Crippen LogP contribution in [0.1, 0.15) is 36.8 Å². The lowest BCUT2D eigenvalue weighted by Crippen LogP contribution is -2.38. The first-order valence-corrected chi connectivity index (χ1v) is 8.07. The summed E-state index contributed by atoms with van der Waals surface area (Å²) in [5, 5.41) is 11.7. The van der Waals surface area contributed by atoms with E-state index in [0.29, 0.717) is 6.42 Å². The molecule has 1 aliphatic rings. The molecule has 0 bridgehead atoms. The van der Waals surface area contributed by atoms with E-state index < -0.39 is 0 Å². The van der Waals surface area contributed by atoms with Crippen LogP contribution in [0.3, 0.4) is 0 Å². The van der Waals surface area contributed by atoms with E-state index in [1.165, 1.54) is 18.4 Å². The van der Waals surface area contributed by atoms with E-state index in [1.807, 2.05) is 30.3 Å². The van der Waals surface area contributed by atoms with E-state index in [1.54, 1.807) is 0 Å². The Bertz CT molecular complexity index is 588. The summed E-state index contributed by atoms with van der Waals surface area (Å²) in [6.45, 7) is 0. The van der Waals surface area contributed by atoms with E-state index >= 15 is 0 Å². The van der Waals surface area contributed by atoms with Crippen molar-refractivity contribution in [3.05, 3.63) is 70.7 Å². The molecule has 1 aliphatic carbocycles. The van der Waals surface area contributed by atoms with E-state index in [2.05, 4.69) is 24.3 Å². The Morgan fingerprint density at radius 2 is 1.57 bits per heavy atom. The molecule has 1 N–H and O–H groups in total. The topological polar surface area (TPSA) is 20.2 Å². The minimum Gasteiger partial charge on any atom is -0.392 e. The Morgan fingerprint density at radius 1 is 0.952 bits per heavy atom. The fourth-order valence-electron chi connectivity index (χ4n) is 3.66. The van der Waals surface area contributed by atoms with Crippen LogP contribution in [-0.4, -0.2) is 11.2 Å². The van der Waals surface area contributed by atoms with Gasteiger partial charge in [0.1, 0.15) is 0 Å². The molecule has 1 unspecified atom stereocenters. The zero-order valence-electron chi connectivity index (χ0n) is 12.1. The summed E-state index contributed by atoms with van der Waals surface area (Å²) >= 11 is 6.26. The van der Waals surface area contributed by atoms with Gasteiger partial charge in [-0.25, -0.2) is 0 Å². The lowest BCUT2D eigenvalue weighted by atomic mass is 9.72. The van der Waals surface area contributed by atoms with Gasteiger partial charge in [0.25, 0.3) is 0 Å². The normalized spacial score (nSPS) is 18.6. The smallest absolute Gasteiger partial charge is 0.0677 e. The zero-order chi connectivity index (χ0) is 14.7. The first kappa shape index (κ1) is 14.6. The number of aliphatic hydroxyl groups is 1. The van der Waals surface area contributed by atoms with Crippen LogP contribution < -0.4 is 0 Å². The molecule has 0 amide bonds. The highest BCUT2D eigenvalue weighted by Gasteiger charge is 2.41. The van der Waals surface area contributed by atoms with Gasteiger partial charge in [0.05, 0.1) is 6.10 Å². The van der Waals surface area contributed by atoms with Gasteiger partial charge in [0.15, 0.2) is 0 Å². The summed E-state index contributed by atoms with van der Waals surface area (Å²) in [7, 11) is 0. The molecule has 0 spiro atoms. The van der Waals surface area contributed by atoms with Gasteiger partial charge in [-0.15, -0.1) is 0 Å². The van der Waals surface area contributed by atoms with Gasteiger partial charge >= 0.3 is 0 Å². The Balaban J connectivity index is 1.90. The average Bonchev–Trinajstić information content (AvgIpc) is 3.01. The van der Waals surface area contributed by atoms with Gasteiger partial charge in [-0.05, 0) is 30.0 Å². The summed E-state index contributed by atoms with van der Waals surface area (Å²) in [6.07, 6.45) is 4.73. The molecule has 1 nitrogen and oxygen atoms in total. The van der Waals surface area contributed by atoms with Crippen molar-refractivity contribution in [1.29, 1.82) is 0 Å². The fraction of sp³-hybridized carbons (Fsp3) is 0.368. The Morgan fingerprint density at radius 3 is 2.24 bits per heavy atom. The van der Waals surface area contributed by atoms with E-state index in [9.17, 15) is 5.11 Å². The van der Waals surface area contributed by atoms with Crippen molar-refractivity contribution < 1.29 is 5.11 Å². The number of benzene rings is 2. The monoisotopic (exact) mass is 300 g/mol. The number of rotatable bonds is 4. The molecule has 0 aliphatic heterocycles. The lowest BCUT2D eigenvalue weighted by molar-refractivity contribution is 0.0826. The summed E-state index contributed by atoms with van der Waals surface area (Å²) in [5.41, 5.74) is 2.19. The first-order valence-electron chi connectivity index (χ1n) is 7.69. The van der Waals surface area contributed by atoms with Gasteiger partial charge < -0.3 is 5.11 Å². The van der Waals surface area contributed by atoms with Crippen LogP contribution in [0, 0.1) is 0 Å². The van der Waals surface area contributed by atoms with Crippen LogP contribution in [0.25, 0.3) is 0 Å². The average molecular weight is 301 g/mol. The Hall–Kier alpha value is -1.31. The first-order chi connectivity index (χ1) is 10.2. The van der Waals surface area contributed by atoms with Crippen molar-refractivity contribution in [2.24, 2.45) is 0 Å². The summed E-state index contributed by atoms with van der Waals surface area (Å²) in [5.74, 6) is 0. The maximum Gasteiger partial charge on any atom is 0.0677 e. The van der Waals surface area contributed by atoms with E-state index in [-0.39, 0.29) is 11.5 Å². The van der Waals surface area contributed by atoms with Crippen LogP contribution >= 0.6 is 11.6 Å². The summed E-state index contributed by atoms with van der Waals surface area (Å²) in [4.78, 5) is 0. The highest BCUT2D eigenvalue weighted by molar-refractivity contribution is 6.31. The fourth-order valence-corrected chi connectivity index (χ4v) is 3.87. The van der Waals surface area contributed by atoms with Crippen molar-refractivity contribution in [3.8, 4) is 0 Å². The molecule has 110 valence electrons. The molecule has 0 heterocycles. The highest BCUT2D eigenvalue weighted by Crippen LogP contribution is 2.44. The van der Waals surface area contributed by atoms with Crippen LogP contribution in [0.15, 0.2) is 54.6 Å². The predicted octanol–water partition coefficient (Wildman–Crippen LogP) is 4.76. The Labute approximate surface area is 131 Å². The second-order valence-corrected chi connectivity index (χ2v) is 6.45. The zero-order valence-corrected chi connectivity index (χ0v) is 12.9. The quantitative estimate of drug-likeness (QED) is 0.863. The van der Waals surface area contributed by atoms with Crippen molar-refractivity contribution in [2.45, 2.75) is 43.6 Å². The largest absolute Gasteiger partial charge is 0.392 e. The SMILES string of the molecule is OC(Cc1ccccc1Cl)C1(c2ccccc2)CCCC1. The maximum absolute atomic E-state index is 11.0. The van der Waals surface area contributed by atoms with E-state index in [0.717, 1.165) is 23.4 Å². The molecule has 0 saturated heterocycles. The van der Waals surface area contributed by atoms with Gasteiger partial charge in [-0.2, -0.15) is 0 Å². The molecule has 0 aromatic heterocycles. The van der Waals surface area contributed by atoms with Crippen LogP contribution in [0.5, 0.6) is 0 Å². The third kappa shape index (κ3) is 2.86. The van der Waals surface area contributed by atoms with Gasteiger partial charge in [-0.3, -0.25) is 0 Å². The predicted molar refractivity (Wildman–Crippen MR) is 87.8 cm³/mol. The Kier molecular flexibility index (Phi) is 4.32. The molecular weight excluding hydrogens is 280 g/mol. The number of aliphatic hydroxyl groups excluding tert-OH is 1. The summed E-state index contributed by atoms with van der Waals surface area (Å²) in [6, 6.07) is 18.3. The third-order valence-corrected chi connectivity index (χ3v) is 5.22. The lowest BCUT2D eigenvalue weighted by Gasteiger charge is -2.35. The minimum atomic E-state index is -0.387. The number of halogens is 1. The third-order valence-electron chi connectivity index (χ3n) is 4.85. The standard InChI is InChI=1S/C19H21ClO/c20-17-11-5-4-8-15(17)14-18(21)19(12-6-7-13-19)16-9-2-1-3-10-16/h1-5,8-11,18,21H,6-7,12-14H2. The second kappa shape index (κ2) is 6.21. The molecule has 2 aromatic carbocycles. The van der Waals surface area contributed by atoms with Crippen LogP contribution in [0.4, 0.5) is 0 Å². The van der Waals surface area contributed by atoms with Crippen molar-refractivity contribution in [1.82, 2.24) is 0 Å². The van der Waals surface area contributed by atoms with Crippen molar-refractivity contribution in [2.75, 3.05) is 0 Å². The molecule has 1 atom stereocenters. The van der Waals surface area contributed by atoms with E-state index in [4.69, 9.17) is 11.6 Å². The summed E-state index contributed by atoms with van der Waals surface area (Å²) < 4.78 is 0. The molecule has 2 heteroatoms. The number of hydrogen-bond donors (Lipinski definition) is 1. The highest BCUT2D eigenvalue weighted by atomic mass is 35.5. The van der Waals surface area contributed by atoms with Crippen molar-refractivity contribution >= 4 is 11.6 Å². The van der Waals surface area contributed by atoms with Crippen LogP contribution in [-0.2, 0) is 11.8 Å². The molecule has 0 radical (unpaired) electrons. The molecular formula is C19H21ClO. The molecule has 1 saturated carbocycles. The van der Waals surface area contributed by atoms with Crippen molar-refractivity contribution in [3.63, 3.8) is 0 Å². The second-order valence-electron chi connectivity index (χ2n) is 6.04. The van der Waals surface area contributed by atoms with Gasteiger partial charge in [0.2, 0.25) is 0 Å². The number of hydrogen-bond acceptors (Lipinski definition) is 1. The molecule has 2 aromatic rings. The molecule has 21 heavy (non-hydrogen) atoms. The molecule has 1 fully saturated rings. The van der Waals surface area contributed by atoms with Gasteiger partial charge in [-0.1, -0.05) is 73.0 Å². The molecule has 3 rings (SSSR count). The minimum absolute atomic E-state index is 0.111.